The number of sulfonamides is 1. The van der Waals surface area contributed by atoms with Gasteiger partial charge in [-0.3, -0.25) is 0 Å². The highest BCUT2D eigenvalue weighted by Crippen LogP contribution is 2.24. The normalized spacial score (nSPS) is 17.2. The molecule has 0 unspecified atom stereocenters. The maximum Gasteiger partial charge on any atom is 0.244 e. The van der Waals surface area contributed by atoms with Crippen molar-refractivity contribution in [3.8, 4) is 11.8 Å². The molecular weight excluding hydrogens is 290 g/mol. The van der Waals surface area contributed by atoms with Crippen molar-refractivity contribution in [1.82, 2.24) is 4.31 Å². The summed E-state index contributed by atoms with van der Waals surface area (Å²) in [6.07, 6.45) is 1.52. The zero-order valence-electron chi connectivity index (χ0n) is 11.9. The lowest BCUT2D eigenvalue weighted by Gasteiger charge is -2.30. The molecule has 1 aromatic rings. The van der Waals surface area contributed by atoms with Gasteiger partial charge < -0.3 is 9.84 Å². The number of hydrogen-bond donors (Lipinski definition) is 1. The van der Waals surface area contributed by atoms with E-state index in [4.69, 9.17) is 9.84 Å². The Bertz CT molecular complexity index is 637. The second kappa shape index (κ2) is 7.05. The summed E-state index contributed by atoms with van der Waals surface area (Å²) in [5, 5.41) is 8.78. The van der Waals surface area contributed by atoms with Crippen molar-refractivity contribution in [3.63, 3.8) is 0 Å². The molecule has 0 saturated carbocycles. The lowest BCUT2D eigenvalue weighted by Crippen LogP contribution is -2.40. The molecule has 0 radical (unpaired) electrons. The van der Waals surface area contributed by atoms with Crippen molar-refractivity contribution >= 4 is 10.0 Å². The standard InChI is InChI=1S/C15H19NO4S/c1-20-14-8-10-16(11-9-14)21(18,19)15-7-3-2-5-13(15)6-4-12-17/h2-3,5,7,14,17H,8-12H2,1H3. The minimum Gasteiger partial charge on any atom is -0.384 e. The topological polar surface area (TPSA) is 66.8 Å². The van der Waals surface area contributed by atoms with Gasteiger partial charge >= 0.3 is 0 Å². The van der Waals surface area contributed by atoms with Crippen LogP contribution in [-0.4, -0.2) is 50.7 Å². The second-order valence-electron chi connectivity index (χ2n) is 4.80. The minimum atomic E-state index is -3.56. The molecule has 0 aromatic heterocycles. The Labute approximate surface area is 125 Å². The smallest absolute Gasteiger partial charge is 0.244 e. The van der Waals surface area contributed by atoms with E-state index in [2.05, 4.69) is 11.8 Å². The zero-order chi connectivity index (χ0) is 15.3. The van der Waals surface area contributed by atoms with Crippen molar-refractivity contribution in [1.29, 1.82) is 0 Å². The van der Waals surface area contributed by atoms with E-state index in [1.807, 2.05) is 0 Å². The first-order valence-electron chi connectivity index (χ1n) is 6.81. The molecular formula is C15H19NO4S. The molecule has 0 bridgehead atoms. The van der Waals surface area contributed by atoms with Crippen molar-refractivity contribution < 1.29 is 18.3 Å². The lowest BCUT2D eigenvalue weighted by molar-refractivity contribution is 0.0604. The van der Waals surface area contributed by atoms with E-state index in [-0.39, 0.29) is 17.6 Å². The number of ether oxygens (including phenoxy) is 1. The van der Waals surface area contributed by atoms with E-state index in [0.29, 0.717) is 31.5 Å². The number of aliphatic hydroxyl groups is 1. The summed E-state index contributed by atoms with van der Waals surface area (Å²) in [5.74, 6) is 5.20. The molecule has 1 aliphatic heterocycles. The predicted molar refractivity (Wildman–Crippen MR) is 79.2 cm³/mol. The van der Waals surface area contributed by atoms with E-state index in [1.165, 1.54) is 4.31 Å². The third kappa shape index (κ3) is 3.63. The van der Waals surface area contributed by atoms with Gasteiger partial charge in [0.2, 0.25) is 10.0 Å². The molecule has 6 heteroatoms. The number of methoxy groups -OCH3 is 1. The number of rotatable bonds is 3. The summed E-state index contributed by atoms with van der Waals surface area (Å²) in [6, 6.07) is 6.62. The number of aliphatic hydroxyl groups excluding tert-OH is 1. The fraction of sp³-hybridized carbons (Fsp3) is 0.467. The maximum absolute atomic E-state index is 12.7. The molecule has 114 valence electrons. The van der Waals surface area contributed by atoms with Gasteiger partial charge in [-0.25, -0.2) is 8.42 Å². The summed E-state index contributed by atoms with van der Waals surface area (Å²) in [6.45, 7) is 0.596. The maximum atomic E-state index is 12.7. The number of hydrogen-bond acceptors (Lipinski definition) is 4. The molecule has 1 aromatic carbocycles. The highest BCUT2D eigenvalue weighted by Gasteiger charge is 2.30. The Kier molecular flexibility index (Phi) is 5.37. The van der Waals surface area contributed by atoms with Crippen LogP contribution in [-0.2, 0) is 14.8 Å². The first-order valence-corrected chi connectivity index (χ1v) is 8.25. The summed E-state index contributed by atoms with van der Waals surface area (Å²) in [5.41, 5.74) is 0.417. The Hall–Kier alpha value is -1.39. The van der Waals surface area contributed by atoms with E-state index in [9.17, 15) is 8.42 Å². The zero-order valence-corrected chi connectivity index (χ0v) is 12.8. The average molecular weight is 309 g/mol. The van der Waals surface area contributed by atoms with Gasteiger partial charge in [0.15, 0.2) is 0 Å². The molecule has 1 fully saturated rings. The fourth-order valence-corrected chi connectivity index (χ4v) is 3.99. The molecule has 0 aliphatic carbocycles. The van der Waals surface area contributed by atoms with Crippen molar-refractivity contribution in [2.24, 2.45) is 0 Å². The Morgan fingerprint density at radius 3 is 2.62 bits per heavy atom. The van der Waals surface area contributed by atoms with Crippen LogP contribution in [0.1, 0.15) is 18.4 Å². The van der Waals surface area contributed by atoms with Gasteiger partial charge in [-0.1, -0.05) is 24.0 Å². The average Bonchev–Trinajstić information content (AvgIpc) is 2.53. The summed E-state index contributed by atoms with van der Waals surface area (Å²) in [4.78, 5) is 0.196. The molecule has 1 N–H and O–H groups in total. The van der Waals surface area contributed by atoms with Crippen LogP contribution in [0.4, 0.5) is 0 Å². The molecule has 2 rings (SSSR count). The van der Waals surface area contributed by atoms with Crippen LogP contribution in [0.25, 0.3) is 0 Å². The van der Waals surface area contributed by atoms with Gasteiger partial charge in [0.05, 0.1) is 11.0 Å². The molecule has 21 heavy (non-hydrogen) atoms. The monoisotopic (exact) mass is 309 g/mol. The van der Waals surface area contributed by atoms with Crippen LogP contribution in [0.5, 0.6) is 0 Å². The van der Waals surface area contributed by atoms with Crippen molar-refractivity contribution in [2.75, 3.05) is 26.8 Å². The van der Waals surface area contributed by atoms with Gasteiger partial charge in [0.1, 0.15) is 6.61 Å². The van der Waals surface area contributed by atoms with E-state index >= 15 is 0 Å². The molecule has 1 heterocycles. The van der Waals surface area contributed by atoms with Gasteiger partial charge in [-0.2, -0.15) is 4.31 Å². The summed E-state index contributed by atoms with van der Waals surface area (Å²) < 4.78 is 32.2. The van der Waals surface area contributed by atoms with Crippen molar-refractivity contribution in [3.05, 3.63) is 29.8 Å². The van der Waals surface area contributed by atoms with Crippen LogP contribution >= 0.6 is 0 Å². The van der Waals surface area contributed by atoms with Gasteiger partial charge in [-0.05, 0) is 25.0 Å². The number of nitrogens with zero attached hydrogens (tertiary/aromatic N) is 1. The molecule has 0 atom stereocenters. The van der Waals surface area contributed by atoms with Gasteiger partial charge in [-0.15, -0.1) is 0 Å². The largest absolute Gasteiger partial charge is 0.384 e. The highest BCUT2D eigenvalue weighted by atomic mass is 32.2. The third-order valence-electron chi connectivity index (χ3n) is 3.54. The second-order valence-corrected chi connectivity index (χ2v) is 6.70. The van der Waals surface area contributed by atoms with Crippen LogP contribution in [0.2, 0.25) is 0 Å². The first kappa shape index (κ1) is 16.0. The van der Waals surface area contributed by atoms with Gasteiger partial charge in [0.25, 0.3) is 0 Å². The molecule has 1 aliphatic rings. The van der Waals surface area contributed by atoms with E-state index in [0.717, 1.165) is 0 Å². The molecule has 0 spiro atoms. The minimum absolute atomic E-state index is 0.126. The highest BCUT2D eigenvalue weighted by molar-refractivity contribution is 7.89. The van der Waals surface area contributed by atoms with Crippen molar-refractivity contribution in [2.45, 2.75) is 23.8 Å². The molecule has 5 nitrogen and oxygen atoms in total. The SMILES string of the molecule is COC1CCN(S(=O)(=O)c2ccccc2C#CCO)CC1. The quantitative estimate of drug-likeness (QED) is 0.840. The summed E-state index contributed by atoms with van der Waals surface area (Å²) in [7, 11) is -1.91. The van der Waals surface area contributed by atoms with Crippen LogP contribution in [0, 0.1) is 11.8 Å². The summed E-state index contributed by atoms with van der Waals surface area (Å²) >= 11 is 0. The Balaban J connectivity index is 2.28. The number of piperidine rings is 1. The first-order chi connectivity index (χ1) is 10.1. The van der Waals surface area contributed by atoms with Crippen LogP contribution in [0.15, 0.2) is 29.2 Å². The van der Waals surface area contributed by atoms with Crippen LogP contribution in [0.3, 0.4) is 0 Å². The lowest BCUT2D eigenvalue weighted by atomic mass is 10.1. The Morgan fingerprint density at radius 1 is 1.33 bits per heavy atom. The molecule has 1 saturated heterocycles. The van der Waals surface area contributed by atoms with E-state index in [1.54, 1.807) is 31.4 Å². The number of benzene rings is 1. The van der Waals surface area contributed by atoms with E-state index < -0.39 is 10.0 Å². The predicted octanol–water partition coefficient (Wildman–Crippen LogP) is 0.830. The van der Waals surface area contributed by atoms with Gasteiger partial charge in [0, 0.05) is 25.8 Å². The molecule has 0 amide bonds. The fourth-order valence-electron chi connectivity index (χ4n) is 2.38. The van der Waals surface area contributed by atoms with Crippen LogP contribution < -0.4 is 0 Å². The third-order valence-corrected chi connectivity index (χ3v) is 5.50. The Morgan fingerprint density at radius 2 is 2.00 bits per heavy atom.